The van der Waals surface area contributed by atoms with Crippen LogP contribution in [-0.2, 0) is 16.0 Å². The van der Waals surface area contributed by atoms with Gasteiger partial charge in [-0.2, -0.15) is 0 Å². The first kappa shape index (κ1) is 10.7. The molecule has 0 unspecified atom stereocenters. The molecule has 0 radical (unpaired) electrons. The van der Waals surface area contributed by atoms with Crippen LogP contribution in [-0.4, -0.2) is 24.4 Å². The van der Waals surface area contributed by atoms with Crippen LogP contribution in [0.5, 0.6) is 0 Å². The van der Waals surface area contributed by atoms with E-state index in [2.05, 4.69) is 10.6 Å². The molecule has 1 atom stereocenters. The summed E-state index contributed by atoms with van der Waals surface area (Å²) in [6.45, 7) is 0.551. The molecule has 1 fully saturated rings. The summed E-state index contributed by atoms with van der Waals surface area (Å²) in [6, 6.07) is 9.51. The van der Waals surface area contributed by atoms with Crippen molar-refractivity contribution in [1.82, 2.24) is 10.6 Å². The molecular weight excluding hydrogens is 204 g/mol. The summed E-state index contributed by atoms with van der Waals surface area (Å²) in [5.41, 5.74) is 1.13. The van der Waals surface area contributed by atoms with Crippen molar-refractivity contribution in [3.63, 3.8) is 0 Å². The summed E-state index contributed by atoms with van der Waals surface area (Å²) in [4.78, 5) is 22.4. The molecule has 0 aromatic heterocycles. The van der Waals surface area contributed by atoms with E-state index >= 15 is 0 Å². The van der Waals surface area contributed by atoms with Crippen molar-refractivity contribution >= 4 is 11.8 Å². The minimum Gasteiger partial charge on any atom is -0.352 e. The third-order valence-corrected chi connectivity index (χ3v) is 2.62. The van der Waals surface area contributed by atoms with Crippen LogP contribution >= 0.6 is 0 Å². The van der Waals surface area contributed by atoms with Crippen molar-refractivity contribution in [2.24, 2.45) is 0 Å². The minimum absolute atomic E-state index is 0.0660. The summed E-state index contributed by atoms with van der Waals surface area (Å²) in [5, 5.41) is 5.27. The Kier molecular flexibility index (Phi) is 3.19. The molecule has 1 aliphatic heterocycles. The van der Waals surface area contributed by atoms with Gasteiger partial charge in [-0.05, 0) is 12.0 Å². The molecule has 4 heteroatoms. The third-order valence-electron chi connectivity index (χ3n) is 2.62. The summed E-state index contributed by atoms with van der Waals surface area (Å²) in [5.74, 6) is -0.156. The maximum absolute atomic E-state index is 11.5. The Labute approximate surface area is 94.0 Å². The van der Waals surface area contributed by atoms with Crippen LogP contribution in [0.2, 0.25) is 0 Å². The Bertz CT molecular complexity index is 389. The van der Waals surface area contributed by atoms with Crippen LogP contribution in [0.25, 0.3) is 0 Å². The van der Waals surface area contributed by atoms with E-state index in [4.69, 9.17) is 0 Å². The highest BCUT2D eigenvalue weighted by atomic mass is 16.2. The summed E-state index contributed by atoms with van der Waals surface area (Å²) in [7, 11) is 0. The van der Waals surface area contributed by atoms with Gasteiger partial charge in [-0.3, -0.25) is 9.59 Å². The van der Waals surface area contributed by atoms with Crippen LogP contribution in [0.15, 0.2) is 30.3 Å². The second-order valence-electron chi connectivity index (χ2n) is 3.85. The maximum atomic E-state index is 11.5. The summed E-state index contributed by atoms with van der Waals surface area (Å²) in [6.07, 6.45) is 1.13. The molecule has 84 valence electrons. The molecule has 0 bridgehead atoms. The van der Waals surface area contributed by atoms with E-state index in [0.717, 1.165) is 5.56 Å². The van der Waals surface area contributed by atoms with Gasteiger partial charge in [0.1, 0.15) is 6.04 Å². The molecule has 0 spiro atoms. The molecule has 2 amide bonds. The van der Waals surface area contributed by atoms with E-state index in [9.17, 15) is 9.59 Å². The molecule has 1 saturated heterocycles. The predicted octanol–water partition coefficient (Wildman–Crippen LogP) is 0.234. The highest BCUT2D eigenvalue weighted by Crippen LogP contribution is 2.03. The van der Waals surface area contributed by atoms with Gasteiger partial charge in [-0.25, -0.2) is 0 Å². The number of aryl methyl sites for hydroxylation is 1. The standard InChI is InChI=1S/C12H14N2O2/c15-11(14-10-8-13-12(10)16)7-6-9-4-2-1-3-5-9/h1-5,10H,6-8H2,(H,13,16)(H,14,15)/t10-/m1/s1. The van der Waals surface area contributed by atoms with Crippen molar-refractivity contribution in [3.05, 3.63) is 35.9 Å². The minimum atomic E-state index is -0.316. The molecule has 2 N–H and O–H groups in total. The lowest BCUT2D eigenvalue weighted by molar-refractivity contribution is -0.133. The molecular formula is C12H14N2O2. The van der Waals surface area contributed by atoms with Crippen LogP contribution in [0.1, 0.15) is 12.0 Å². The Morgan fingerprint density at radius 3 is 2.69 bits per heavy atom. The number of carbonyl (C=O) groups excluding carboxylic acids is 2. The number of rotatable bonds is 4. The SMILES string of the molecule is O=C(CCc1ccccc1)N[C@@H]1CNC1=O. The Morgan fingerprint density at radius 2 is 2.12 bits per heavy atom. The number of carbonyl (C=O) groups is 2. The monoisotopic (exact) mass is 218 g/mol. The van der Waals surface area contributed by atoms with Crippen molar-refractivity contribution < 1.29 is 9.59 Å². The summed E-state index contributed by atoms with van der Waals surface area (Å²) < 4.78 is 0. The second kappa shape index (κ2) is 4.79. The maximum Gasteiger partial charge on any atom is 0.244 e. The predicted molar refractivity (Wildman–Crippen MR) is 59.7 cm³/mol. The fourth-order valence-corrected chi connectivity index (χ4v) is 1.57. The quantitative estimate of drug-likeness (QED) is 0.711. The van der Waals surface area contributed by atoms with Crippen LogP contribution in [0, 0.1) is 0 Å². The van der Waals surface area contributed by atoms with Crippen molar-refractivity contribution in [1.29, 1.82) is 0 Å². The van der Waals surface area contributed by atoms with Crippen molar-refractivity contribution in [3.8, 4) is 0 Å². The summed E-state index contributed by atoms with van der Waals surface area (Å²) >= 11 is 0. The fraction of sp³-hybridized carbons (Fsp3) is 0.333. The molecule has 1 aromatic carbocycles. The Hall–Kier alpha value is -1.84. The van der Waals surface area contributed by atoms with Crippen LogP contribution in [0.3, 0.4) is 0 Å². The number of nitrogens with one attached hydrogen (secondary N) is 2. The topological polar surface area (TPSA) is 58.2 Å². The lowest BCUT2D eigenvalue weighted by atomic mass is 10.1. The number of β-lactam (4-membered cyclic amide) rings is 1. The largest absolute Gasteiger partial charge is 0.352 e. The van der Waals surface area contributed by atoms with Gasteiger partial charge in [0.05, 0.1) is 0 Å². The van der Waals surface area contributed by atoms with E-state index in [1.54, 1.807) is 0 Å². The molecule has 1 aliphatic rings. The first-order valence-electron chi connectivity index (χ1n) is 5.37. The highest BCUT2D eigenvalue weighted by molar-refractivity contribution is 5.92. The van der Waals surface area contributed by atoms with Gasteiger partial charge in [0.2, 0.25) is 11.8 Å². The molecule has 4 nitrogen and oxygen atoms in total. The van der Waals surface area contributed by atoms with Gasteiger partial charge >= 0.3 is 0 Å². The van der Waals surface area contributed by atoms with Crippen molar-refractivity contribution in [2.45, 2.75) is 18.9 Å². The van der Waals surface area contributed by atoms with E-state index in [0.29, 0.717) is 19.4 Å². The van der Waals surface area contributed by atoms with Crippen LogP contribution < -0.4 is 10.6 Å². The molecule has 16 heavy (non-hydrogen) atoms. The third kappa shape index (κ3) is 2.59. The van der Waals surface area contributed by atoms with E-state index in [1.165, 1.54) is 0 Å². The van der Waals surface area contributed by atoms with Gasteiger partial charge in [0.15, 0.2) is 0 Å². The fourth-order valence-electron chi connectivity index (χ4n) is 1.57. The smallest absolute Gasteiger partial charge is 0.244 e. The molecule has 1 heterocycles. The zero-order valence-electron chi connectivity index (χ0n) is 8.90. The van der Waals surface area contributed by atoms with Gasteiger partial charge < -0.3 is 10.6 Å². The molecule has 0 aliphatic carbocycles. The number of hydrogen-bond acceptors (Lipinski definition) is 2. The van der Waals surface area contributed by atoms with Crippen molar-refractivity contribution in [2.75, 3.05) is 6.54 Å². The first-order chi connectivity index (χ1) is 7.75. The Morgan fingerprint density at radius 1 is 1.38 bits per heavy atom. The van der Waals surface area contributed by atoms with Gasteiger partial charge in [0.25, 0.3) is 0 Å². The van der Waals surface area contributed by atoms with Gasteiger partial charge in [-0.1, -0.05) is 30.3 Å². The highest BCUT2D eigenvalue weighted by Gasteiger charge is 2.28. The molecule has 1 aromatic rings. The van der Waals surface area contributed by atoms with Gasteiger partial charge in [-0.15, -0.1) is 0 Å². The second-order valence-corrected chi connectivity index (χ2v) is 3.85. The van der Waals surface area contributed by atoms with E-state index in [1.807, 2.05) is 30.3 Å². The lowest BCUT2D eigenvalue weighted by Gasteiger charge is -2.26. The molecule has 0 saturated carbocycles. The van der Waals surface area contributed by atoms with Crippen LogP contribution in [0.4, 0.5) is 0 Å². The van der Waals surface area contributed by atoms with E-state index in [-0.39, 0.29) is 17.9 Å². The Balaban J connectivity index is 1.74. The number of benzene rings is 1. The average Bonchev–Trinajstić information content (AvgIpc) is 2.33. The molecule has 2 rings (SSSR count). The zero-order valence-corrected chi connectivity index (χ0v) is 8.90. The number of amides is 2. The zero-order chi connectivity index (χ0) is 11.4. The number of hydrogen-bond donors (Lipinski definition) is 2. The first-order valence-corrected chi connectivity index (χ1v) is 5.37. The van der Waals surface area contributed by atoms with Gasteiger partial charge in [0, 0.05) is 13.0 Å². The lowest BCUT2D eigenvalue weighted by Crippen LogP contribution is -2.61. The normalized spacial score (nSPS) is 18.5. The average molecular weight is 218 g/mol. The van der Waals surface area contributed by atoms with E-state index < -0.39 is 0 Å².